The van der Waals surface area contributed by atoms with Gasteiger partial charge in [0.25, 0.3) is 0 Å². The van der Waals surface area contributed by atoms with Crippen molar-refractivity contribution in [3.63, 3.8) is 0 Å². The molecule has 0 unspecified atom stereocenters. The molecule has 0 fully saturated rings. The fraction of sp³-hybridized carbons (Fsp3) is 0.235. The van der Waals surface area contributed by atoms with E-state index in [-0.39, 0.29) is 0 Å². The summed E-state index contributed by atoms with van der Waals surface area (Å²) in [5.41, 5.74) is 7.76. The number of benzene rings is 2. The summed E-state index contributed by atoms with van der Waals surface area (Å²) in [6.45, 7) is 2.20. The van der Waals surface area contributed by atoms with E-state index in [1.807, 2.05) is 36.4 Å². The van der Waals surface area contributed by atoms with Crippen LogP contribution in [0, 0.1) is 0 Å². The van der Waals surface area contributed by atoms with Crippen LogP contribution in [0.4, 0.5) is 0 Å². The summed E-state index contributed by atoms with van der Waals surface area (Å²) in [6.07, 6.45) is 3.56. The van der Waals surface area contributed by atoms with Gasteiger partial charge >= 0.3 is 0 Å². The summed E-state index contributed by atoms with van der Waals surface area (Å²) in [7, 11) is 0. The summed E-state index contributed by atoms with van der Waals surface area (Å²) >= 11 is 4.92. The van der Waals surface area contributed by atoms with E-state index in [1.165, 1.54) is 18.4 Å². The second kappa shape index (κ2) is 7.06. The highest BCUT2D eigenvalue weighted by Gasteiger charge is 2.00. The van der Waals surface area contributed by atoms with Crippen LogP contribution in [0.25, 0.3) is 0 Å². The second-order valence-electron chi connectivity index (χ2n) is 4.74. The Kier molecular flexibility index (Phi) is 5.13. The van der Waals surface area contributed by atoms with E-state index in [2.05, 4.69) is 19.1 Å². The number of thiocarbonyl (C=S) groups is 1. The molecule has 2 rings (SSSR count). The number of rotatable bonds is 6. The third-order valence-electron chi connectivity index (χ3n) is 3.12. The molecule has 0 radical (unpaired) electrons. The van der Waals surface area contributed by atoms with E-state index in [0.29, 0.717) is 4.99 Å². The summed E-state index contributed by atoms with van der Waals surface area (Å²) in [5, 5.41) is 0. The fourth-order valence-corrected chi connectivity index (χ4v) is 2.06. The first kappa shape index (κ1) is 14.5. The van der Waals surface area contributed by atoms with Crippen molar-refractivity contribution in [1.29, 1.82) is 0 Å². The second-order valence-corrected chi connectivity index (χ2v) is 5.18. The molecule has 0 aliphatic carbocycles. The van der Waals surface area contributed by atoms with Crippen molar-refractivity contribution in [3.8, 4) is 11.5 Å². The molecule has 0 aliphatic rings. The molecule has 0 aliphatic heterocycles. The Hall–Kier alpha value is -1.87. The molecule has 0 aromatic heterocycles. The van der Waals surface area contributed by atoms with Crippen LogP contribution in [0.5, 0.6) is 11.5 Å². The molecule has 0 atom stereocenters. The number of nitrogens with two attached hydrogens (primary N) is 1. The zero-order valence-electron chi connectivity index (χ0n) is 11.6. The first-order chi connectivity index (χ1) is 9.69. The van der Waals surface area contributed by atoms with Crippen molar-refractivity contribution >= 4 is 17.2 Å². The van der Waals surface area contributed by atoms with Gasteiger partial charge in [0.1, 0.15) is 16.5 Å². The molecule has 0 amide bonds. The SMILES string of the molecule is CCCCc1ccc(Oc2ccc(C(N)=S)cc2)cc1. The topological polar surface area (TPSA) is 35.2 Å². The lowest BCUT2D eigenvalue weighted by Gasteiger charge is -2.07. The van der Waals surface area contributed by atoms with Gasteiger partial charge in [0, 0.05) is 5.56 Å². The van der Waals surface area contributed by atoms with Gasteiger partial charge in [-0.2, -0.15) is 0 Å². The summed E-state index contributed by atoms with van der Waals surface area (Å²) in [6, 6.07) is 15.7. The first-order valence-corrected chi connectivity index (χ1v) is 7.26. The maximum Gasteiger partial charge on any atom is 0.127 e. The van der Waals surface area contributed by atoms with E-state index in [1.54, 1.807) is 0 Å². The van der Waals surface area contributed by atoms with Gasteiger partial charge < -0.3 is 10.5 Å². The highest BCUT2D eigenvalue weighted by molar-refractivity contribution is 7.80. The lowest BCUT2D eigenvalue weighted by atomic mass is 10.1. The van der Waals surface area contributed by atoms with Gasteiger partial charge in [-0.15, -0.1) is 0 Å². The van der Waals surface area contributed by atoms with Gasteiger partial charge in [0.05, 0.1) is 0 Å². The van der Waals surface area contributed by atoms with Crippen molar-refractivity contribution in [2.45, 2.75) is 26.2 Å². The molecule has 2 aromatic rings. The van der Waals surface area contributed by atoms with Crippen LogP contribution >= 0.6 is 12.2 Å². The van der Waals surface area contributed by atoms with Gasteiger partial charge in [-0.1, -0.05) is 37.7 Å². The number of unbranched alkanes of at least 4 members (excludes halogenated alkanes) is 1. The summed E-state index contributed by atoms with van der Waals surface area (Å²) in [5.74, 6) is 1.62. The fourth-order valence-electron chi connectivity index (χ4n) is 1.93. The molecule has 0 spiro atoms. The minimum Gasteiger partial charge on any atom is -0.457 e. The minimum atomic E-state index is 0.400. The van der Waals surface area contributed by atoms with Crippen LogP contribution in [-0.4, -0.2) is 4.99 Å². The highest BCUT2D eigenvalue weighted by Crippen LogP contribution is 2.22. The van der Waals surface area contributed by atoms with Crippen LogP contribution in [0.2, 0.25) is 0 Å². The first-order valence-electron chi connectivity index (χ1n) is 6.85. The van der Waals surface area contributed by atoms with Crippen molar-refractivity contribution in [1.82, 2.24) is 0 Å². The van der Waals surface area contributed by atoms with Gasteiger partial charge in [0.15, 0.2) is 0 Å². The summed E-state index contributed by atoms with van der Waals surface area (Å²) in [4.78, 5) is 0.400. The van der Waals surface area contributed by atoms with Crippen molar-refractivity contribution in [3.05, 3.63) is 59.7 Å². The number of ether oxygens (including phenoxy) is 1. The van der Waals surface area contributed by atoms with E-state index in [9.17, 15) is 0 Å². The summed E-state index contributed by atoms with van der Waals surface area (Å²) < 4.78 is 5.79. The third-order valence-corrected chi connectivity index (χ3v) is 3.35. The van der Waals surface area contributed by atoms with Gasteiger partial charge in [-0.3, -0.25) is 0 Å². The predicted octanol–water partition coefficient (Wildman–Crippen LogP) is 4.46. The quantitative estimate of drug-likeness (QED) is 0.796. The molecular formula is C17H19NOS. The van der Waals surface area contributed by atoms with Crippen LogP contribution in [0.15, 0.2) is 48.5 Å². The molecule has 2 nitrogen and oxygen atoms in total. The molecule has 0 saturated carbocycles. The van der Waals surface area contributed by atoms with Gasteiger partial charge in [-0.05, 0) is 54.8 Å². The van der Waals surface area contributed by atoms with Crippen molar-refractivity contribution in [2.75, 3.05) is 0 Å². The zero-order chi connectivity index (χ0) is 14.4. The maximum atomic E-state index is 5.79. The Bertz CT molecular complexity index is 561. The molecular weight excluding hydrogens is 266 g/mol. The van der Waals surface area contributed by atoms with E-state index in [0.717, 1.165) is 23.5 Å². The molecule has 2 aromatic carbocycles. The zero-order valence-corrected chi connectivity index (χ0v) is 12.5. The Morgan fingerprint density at radius 3 is 2.05 bits per heavy atom. The Labute approximate surface area is 125 Å². The molecule has 0 saturated heterocycles. The maximum absolute atomic E-state index is 5.79. The smallest absolute Gasteiger partial charge is 0.127 e. The molecule has 0 bridgehead atoms. The van der Waals surface area contributed by atoms with Gasteiger partial charge in [0.2, 0.25) is 0 Å². The van der Waals surface area contributed by atoms with Crippen molar-refractivity contribution in [2.24, 2.45) is 5.73 Å². The Balaban J connectivity index is 2.00. The van der Waals surface area contributed by atoms with Crippen LogP contribution in [-0.2, 0) is 6.42 Å². The molecule has 104 valence electrons. The van der Waals surface area contributed by atoms with Crippen molar-refractivity contribution < 1.29 is 4.74 Å². The van der Waals surface area contributed by atoms with Crippen LogP contribution in [0.3, 0.4) is 0 Å². The monoisotopic (exact) mass is 285 g/mol. The number of aryl methyl sites for hydroxylation is 1. The van der Waals surface area contributed by atoms with Gasteiger partial charge in [-0.25, -0.2) is 0 Å². The molecule has 2 N–H and O–H groups in total. The number of hydrogen-bond acceptors (Lipinski definition) is 2. The lowest BCUT2D eigenvalue weighted by Crippen LogP contribution is -2.08. The number of hydrogen-bond donors (Lipinski definition) is 1. The molecule has 20 heavy (non-hydrogen) atoms. The minimum absolute atomic E-state index is 0.400. The Morgan fingerprint density at radius 1 is 1.00 bits per heavy atom. The van der Waals surface area contributed by atoms with Crippen LogP contribution in [0.1, 0.15) is 30.9 Å². The Morgan fingerprint density at radius 2 is 1.55 bits per heavy atom. The van der Waals surface area contributed by atoms with E-state index < -0.39 is 0 Å². The average molecular weight is 285 g/mol. The van der Waals surface area contributed by atoms with E-state index in [4.69, 9.17) is 22.7 Å². The third kappa shape index (κ3) is 4.07. The standard InChI is InChI=1S/C17H19NOS/c1-2-3-4-13-5-9-15(10-6-13)19-16-11-7-14(8-12-16)17(18)20/h5-12H,2-4H2,1H3,(H2,18,20). The highest BCUT2D eigenvalue weighted by atomic mass is 32.1. The normalized spacial score (nSPS) is 10.2. The van der Waals surface area contributed by atoms with Crippen LogP contribution < -0.4 is 10.5 Å². The molecule has 3 heteroatoms. The largest absolute Gasteiger partial charge is 0.457 e. The average Bonchev–Trinajstić information content (AvgIpc) is 2.47. The lowest BCUT2D eigenvalue weighted by molar-refractivity contribution is 0.482. The van der Waals surface area contributed by atoms with E-state index >= 15 is 0 Å². The predicted molar refractivity (Wildman–Crippen MR) is 87.5 cm³/mol. The molecule has 0 heterocycles.